The summed E-state index contributed by atoms with van der Waals surface area (Å²) >= 11 is 0. The zero-order chi connectivity index (χ0) is 11.7. The van der Waals surface area contributed by atoms with Crippen molar-refractivity contribution in [1.82, 2.24) is 5.32 Å². The number of ether oxygens (including phenoxy) is 1. The van der Waals surface area contributed by atoms with Crippen LogP contribution in [0.15, 0.2) is 28.7 Å². The van der Waals surface area contributed by atoms with E-state index in [0.29, 0.717) is 5.92 Å². The molecule has 0 radical (unpaired) electrons. The fourth-order valence-corrected chi connectivity index (χ4v) is 2.48. The van der Waals surface area contributed by atoms with E-state index < -0.39 is 0 Å². The predicted molar refractivity (Wildman–Crippen MR) is 67.6 cm³/mol. The molecule has 0 spiro atoms. The van der Waals surface area contributed by atoms with E-state index in [2.05, 4.69) is 11.4 Å². The average molecular weight is 231 g/mol. The predicted octanol–water partition coefficient (Wildman–Crippen LogP) is 2.91. The van der Waals surface area contributed by atoms with Gasteiger partial charge in [0.15, 0.2) is 0 Å². The lowest BCUT2D eigenvalue weighted by Gasteiger charge is -2.20. The molecule has 0 bridgehead atoms. The number of furan rings is 1. The van der Waals surface area contributed by atoms with Gasteiger partial charge in [0.1, 0.15) is 17.1 Å². The Labute approximate surface area is 101 Å². The lowest BCUT2D eigenvalue weighted by atomic mass is 9.95. The van der Waals surface area contributed by atoms with Crippen molar-refractivity contribution in [2.75, 3.05) is 20.2 Å². The minimum atomic E-state index is 0.564. The molecule has 1 N–H and O–H groups in total. The third kappa shape index (κ3) is 2.03. The standard InChI is InChI=1S/C14H17NO2/c1-16-12-2-3-13-11(8-12)9-14(17-13)10-4-6-15-7-5-10/h2-3,8-10,15H,4-7H2,1H3. The molecule has 0 aliphatic carbocycles. The smallest absolute Gasteiger partial charge is 0.134 e. The van der Waals surface area contributed by atoms with Crippen LogP contribution in [0.5, 0.6) is 5.75 Å². The maximum atomic E-state index is 5.92. The van der Waals surface area contributed by atoms with E-state index in [0.717, 1.165) is 48.4 Å². The molecule has 2 aromatic rings. The number of fused-ring (bicyclic) bond motifs is 1. The van der Waals surface area contributed by atoms with E-state index in [9.17, 15) is 0 Å². The molecule has 1 aliphatic heterocycles. The number of hydrogen-bond acceptors (Lipinski definition) is 3. The van der Waals surface area contributed by atoms with E-state index in [4.69, 9.17) is 9.15 Å². The Morgan fingerprint density at radius 2 is 2.06 bits per heavy atom. The van der Waals surface area contributed by atoms with Gasteiger partial charge >= 0.3 is 0 Å². The van der Waals surface area contributed by atoms with Gasteiger partial charge in [0.2, 0.25) is 0 Å². The van der Waals surface area contributed by atoms with Gasteiger partial charge in [-0.2, -0.15) is 0 Å². The Hall–Kier alpha value is -1.48. The summed E-state index contributed by atoms with van der Waals surface area (Å²) in [4.78, 5) is 0. The summed E-state index contributed by atoms with van der Waals surface area (Å²) in [6, 6.07) is 8.12. The van der Waals surface area contributed by atoms with Gasteiger partial charge in [-0.05, 0) is 50.2 Å². The van der Waals surface area contributed by atoms with Crippen LogP contribution in [-0.4, -0.2) is 20.2 Å². The fourth-order valence-electron chi connectivity index (χ4n) is 2.48. The maximum absolute atomic E-state index is 5.92. The molecular formula is C14H17NO2. The molecule has 2 heterocycles. The van der Waals surface area contributed by atoms with Crippen LogP contribution < -0.4 is 10.1 Å². The Bertz CT molecular complexity index is 512. The molecule has 0 amide bonds. The van der Waals surface area contributed by atoms with Crippen molar-refractivity contribution < 1.29 is 9.15 Å². The molecule has 17 heavy (non-hydrogen) atoms. The quantitative estimate of drug-likeness (QED) is 0.863. The van der Waals surface area contributed by atoms with Gasteiger partial charge < -0.3 is 14.5 Å². The largest absolute Gasteiger partial charge is 0.497 e. The molecule has 3 rings (SSSR count). The van der Waals surface area contributed by atoms with E-state index in [1.54, 1.807) is 7.11 Å². The second-order valence-electron chi connectivity index (χ2n) is 4.58. The summed E-state index contributed by atoms with van der Waals surface area (Å²) in [7, 11) is 1.69. The van der Waals surface area contributed by atoms with Crippen LogP contribution in [0.1, 0.15) is 24.5 Å². The molecule has 1 aliphatic rings. The Morgan fingerprint density at radius 1 is 1.24 bits per heavy atom. The summed E-state index contributed by atoms with van der Waals surface area (Å²) < 4.78 is 11.1. The fraction of sp³-hybridized carbons (Fsp3) is 0.429. The maximum Gasteiger partial charge on any atom is 0.134 e. The molecule has 0 unspecified atom stereocenters. The Kier molecular flexibility index (Phi) is 2.77. The highest BCUT2D eigenvalue weighted by atomic mass is 16.5. The van der Waals surface area contributed by atoms with Gasteiger partial charge in [0, 0.05) is 11.3 Å². The second-order valence-corrected chi connectivity index (χ2v) is 4.58. The van der Waals surface area contributed by atoms with Crippen molar-refractivity contribution >= 4 is 11.0 Å². The van der Waals surface area contributed by atoms with E-state index in [1.165, 1.54) is 0 Å². The van der Waals surface area contributed by atoms with Crippen LogP contribution in [0, 0.1) is 0 Å². The molecule has 90 valence electrons. The number of nitrogens with one attached hydrogen (secondary N) is 1. The van der Waals surface area contributed by atoms with Gasteiger partial charge in [-0.25, -0.2) is 0 Å². The van der Waals surface area contributed by atoms with Gasteiger partial charge in [-0.3, -0.25) is 0 Å². The third-order valence-corrected chi connectivity index (χ3v) is 3.48. The van der Waals surface area contributed by atoms with Crippen LogP contribution in [0.25, 0.3) is 11.0 Å². The Morgan fingerprint density at radius 3 is 2.82 bits per heavy atom. The van der Waals surface area contributed by atoms with Crippen molar-refractivity contribution in [3.63, 3.8) is 0 Å². The lowest BCUT2D eigenvalue weighted by Crippen LogP contribution is -2.26. The van der Waals surface area contributed by atoms with E-state index in [-0.39, 0.29) is 0 Å². The van der Waals surface area contributed by atoms with Crippen molar-refractivity contribution in [1.29, 1.82) is 0 Å². The highest BCUT2D eigenvalue weighted by Gasteiger charge is 2.19. The van der Waals surface area contributed by atoms with Crippen molar-refractivity contribution in [2.45, 2.75) is 18.8 Å². The summed E-state index contributed by atoms with van der Waals surface area (Å²) in [5, 5.41) is 4.51. The minimum Gasteiger partial charge on any atom is -0.497 e. The van der Waals surface area contributed by atoms with E-state index >= 15 is 0 Å². The molecule has 0 atom stereocenters. The number of benzene rings is 1. The van der Waals surface area contributed by atoms with Crippen molar-refractivity contribution in [2.24, 2.45) is 0 Å². The Balaban J connectivity index is 1.95. The SMILES string of the molecule is COc1ccc2oc(C3CCNCC3)cc2c1. The first-order valence-corrected chi connectivity index (χ1v) is 6.15. The van der Waals surface area contributed by atoms with Crippen LogP contribution in [0.3, 0.4) is 0 Å². The van der Waals surface area contributed by atoms with Gasteiger partial charge in [-0.15, -0.1) is 0 Å². The molecular weight excluding hydrogens is 214 g/mol. The monoisotopic (exact) mass is 231 g/mol. The highest BCUT2D eigenvalue weighted by Crippen LogP contribution is 2.31. The van der Waals surface area contributed by atoms with Crippen LogP contribution >= 0.6 is 0 Å². The highest BCUT2D eigenvalue weighted by molar-refractivity contribution is 5.79. The van der Waals surface area contributed by atoms with Crippen LogP contribution in [0.4, 0.5) is 0 Å². The molecule has 3 heteroatoms. The zero-order valence-corrected chi connectivity index (χ0v) is 10.0. The average Bonchev–Trinajstić information content (AvgIpc) is 2.82. The van der Waals surface area contributed by atoms with Crippen molar-refractivity contribution in [3.05, 3.63) is 30.0 Å². The van der Waals surface area contributed by atoms with Crippen molar-refractivity contribution in [3.8, 4) is 5.75 Å². The van der Waals surface area contributed by atoms with Gasteiger partial charge in [0.25, 0.3) is 0 Å². The first kappa shape index (κ1) is 10.7. The van der Waals surface area contributed by atoms with Gasteiger partial charge in [0.05, 0.1) is 7.11 Å². The number of methoxy groups -OCH3 is 1. The third-order valence-electron chi connectivity index (χ3n) is 3.48. The van der Waals surface area contributed by atoms with Crippen LogP contribution in [-0.2, 0) is 0 Å². The summed E-state index contributed by atoms with van der Waals surface area (Å²) in [6.07, 6.45) is 2.33. The molecule has 1 aromatic heterocycles. The lowest BCUT2D eigenvalue weighted by molar-refractivity contribution is 0.397. The zero-order valence-electron chi connectivity index (χ0n) is 10.0. The first-order valence-electron chi connectivity index (χ1n) is 6.15. The summed E-state index contributed by atoms with van der Waals surface area (Å²) in [5.74, 6) is 2.57. The number of hydrogen-bond donors (Lipinski definition) is 1. The second kappa shape index (κ2) is 4.41. The normalized spacial score (nSPS) is 17.5. The molecule has 3 nitrogen and oxygen atoms in total. The van der Waals surface area contributed by atoms with Crippen LogP contribution in [0.2, 0.25) is 0 Å². The minimum absolute atomic E-state index is 0.564. The molecule has 1 fully saturated rings. The number of piperidine rings is 1. The number of rotatable bonds is 2. The molecule has 0 saturated carbocycles. The molecule has 1 saturated heterocycles. The summed E-state index contributed by atoms with van der Waals surface area (Å²) in [6.45, 7) is 2.18. The first-order chi connectivity index (χ1) is 8.36. The summed E-state index contributed by atoms with van der Waals surface area (Å²) in [5.41, 5.74) is 0.958. The molecule has 1 aromatic carbocycles. The topological polar surface area (TPSA) is 34.4 Å². The van der Waals surface area contributed by atoms with E-state index in [1.807, 2.05) is 18.2 Å². The van der Waals surface area contributed by atoms with Gasteiger partial charge in [-0.1, -0.05) is 0 Å².